The molecule has 1 N–H and O–H groups in total. The van der Waals surface area contributed by atoms with Gasteiger partial charge in [0.05, 0.1) is 17.4 Å². The van der Waals surface area contributed by atoms with E-state index in [0.29, 0.717) is 5.82 Å². The predicted octanol–water partition coefficient (Wildman–Crippen LogP) is 10.9. The summed E-state index contributed by atoms with van der Waals surface area (Å²) in [4.78, 5) is 9.99. The molecular formula is C45H33N3. The summed E-state index contributed by atoms with van der Waals surface area (Å²) in [6.45, 7) is 0. The maximum Gasteiger partial charge on any atom is 0.160 e. The van der Waals surface area contributed by atoms with E-state index in [4.69, 9.17) is 9.97 Å². The van der Waals surface area contributed by atoms with Gasteiger partial charge in [0.2, 0.25) is 0 Å². The van der Waals surface area contributed by atoms with E-state index in [1.54, 1.807) is 0 Å². The topological polar surface area (TPSA) is 37.8 Å². The SMILES string of the molecule is C1=C(c2ccc(-c3ccc(-c4nc(-c5ccccc5)cc(-c5ccccc5)n4)cc3)cc2)C=C(c2ccccc2)NC1c1ccccc1. The van der Waals surface area contributed by atoms with E-state index in [2.05, 4.69) is 157 Å². The van der Waals surface area contributed by atoms with Crippen molar-refractivity contribution in [2.24, 2.45) is 0 Å². The summed E-state index contributed by atoms with van der Waals surface area (Å²) in [5.41, 5.74) is 13.2. The molecule has 3 nitrogen and oxygen atoms in total. The van der Waals surface area contributed by atoms with Crippen molar-refractivity contribution in [2.45, 2.75) is 6.04 Å². The minimum Gasteiger partial charge on any atom is -0.374 e. The average Bonchev–Trinajstić information content (AvgIpc) is 3.19. The zero-order valence-electron chi connectivity index (χ0n) is 26.4. The van der Waals surface area contributed by atoms with Gasteiger partial charge in [-0.15, -0.1) is 0 Å². The molecule has 3 heteroatoms. The van der Waals surface area contributed by atoms with Crippen LogP contribution in [0, 0.1) is 0 Å². The molecule has 2 heterocycles. The zero-order valence-corrected chi connectivity index (χ0v) is 26.4. The monoisotopic (exact) mass is 615 g/mol. The highest BCUT2D eigenvalue weighted by Gasteiger charge is 2.18. The van der Waals surface area contributed by atoms with E-state index in [1.807, 2.05) is 36.4 Å². The van der Waals surface area contributed by atoms with Gasteiger partial charge in [-0.2, -0.15) is 0 Å². The molecular weight excluding hydrogens is 583 g/mol. The first-order chi connectivity index (χ1) is 23.8. The maximum absolute atomic E-state index is 4.99. The minimum absolute atomic E-state index is 0.0821. The van der Waals surface area contributed by atoms with E-state index in [1.165, 1.54) is 22.3 Å². The smallest absolute Gasteiger partial charge is 0.160 e. The Balaban J connectivity index is 1.09. The second-order valence-electron chi connectivity index (χ2n) is 11.9. The molecule has 1 unspecified atom stereocenters. The third-order valence-corrected chi connectivity index (χ3v) is 8.76. The molecule has 0 fully saturated rings. The first kappa shape index (κ1) is 29.1. The lowest BCUT2D eigenvalue weighted by atomic mass is 9.92. The number of allylic oxidation sites excluding steroid dienone is 2. The van der Waals surface area contributed by atoms with E-state index in [9.17, 15) is 0 Å². The fraction of sp³-hybridized carbons (Fsp3) is 0.0222. The van der Waals surface area contributed by atoms with E-state index >= 15 is 0 Å². The molecule has 0 saturated heterocycles. The Hall–Kier alpha value is -6.32. The van der Waals surface area contributed by atoms with Gasteiger partial charge in [0.1, 0.15) is 0 Å². The molecule has 8 rings (SSSR count). The van der Waals surface area contributed by atoms with Crippen LogP contribution >= 0.6 is 0 Å². The van der Waals surface area contributed by atoms with Crippen molar-refractivity contribution in [3.05, 3.63) is 205 Å². The first-order valence-corrected chi connectivity index (χ1v) is 16.3. The quantitative estimate of drug-likeness (QED) is 0.194. The molecule has 0 amide bonds. The van der Waals surface area contributed by atoms with E-state index in [-0.39, 0.29) is 6.04 Å². The molecule has 1 aliphatic rings. The molecule has 1 aromatic heterocycles. The number of rotatable bonds is 7. The molecule has 1 atom stereocenters. The van der Waals surface area contributed by atoms with Gasteiger partial charge in [-0.05, 0) is 51.6 Å². The van der Waals surface area contributed by atoms with Crippen LogP contribution in [0.4, 0.5) is 0 Å². The zero-order chi connectivity index (χ0) is 32.1. The highest BCUT2D eigenvalue weighted by Crippen LogP contribution is 2.34. The van der Waals surface area contributed by atoms with Crippen molar-refractivity contribution >= 4 is 11.3 Å². The number of dihydropyridines is 1. The minimum atomic E-state index is 0.0821. The molecule has 0 radical (unpaired) electrons. The Bertz CT molecular complexity index is 2150. The summed E-state index contributed by atoms with van der Waals surface area (Å²) < 4.78 is 0. The van der Waals surface area contributed by atoms with Gasteiger partial charge in [-0.3, -0.25) is 0 Å². The van der Waals surface area contributed by atoms with Crippen LogP contribution in [-0.2, 0) is 0 Å². The Morgan fingerprint density at radius 3 is 1.35 bits per heavy atom. The summed E-state index contributed by atoms with van der Waals surface area (Å²) in [7, 11) is 0. The van der Waals surface area contributed by atoms with Crippen molar-refractivity contribution in [1.29, 1.82) is 0 Å². The summed E-state index contributed by atoms with van der Waals surface area (Å²) >= 11 is 0. The summed E-state index contributed by atoms with van der Waals surface area (Å²) in [6.07, 6.45) is 4.57. The average molecular weight is 616 g/mol. The standard InChI is InChI=1S/C45H33N3/c1-5-13-35(14-6-1)41-29-40(30-42(46-41)36-15-7-2-8-16-36)34-23-21-32(22-24-34)33-25-27-39(28-26-33)45-47-43(37-17-9-3-10-18-37)31-44(48-45)38-19-11-4-12-20-38/h1-31,41,46H. The van der Waals surface area contributed by atoms with Gasteiger partial charge in [-0.1, -0.05) is 170 Å². The van der Waals surface area contributed by atoms with Gasteiger partial charge in [0.15, 0.2) is 5.82 Å². The second-order valence-corrected chi connectivity index (χ2v) is 11.9. The van der Waals surface area contributed by atoms with Gasteiger partial charge in [0, 0.05) is 22.4 Å². The summed E-state index contributed by atoms with van der Waals surface area (Å²) in [5.74, 6) is 0.712. The van der Waals surface area contributed by atoms with Crippen LogP contribution in [0.1, 0.15) is 22.7 Å². The van der Waals surface area contributed by atoms with Crippen LogP contribution in [0.2, 0.25) is 0 Å². The van der Waals surface area contributed by atoms with Crippen LogP contribution in [0.15, 0.2) is 188 Å². The van der Waals surface area contributed by atoms with Gasteiger partial charge in [-0.25, -0.2) is 9.97 Å². The lowest BCUT2D eigenvalue weighted by molar-refractivity contribution is 0.767. The number of aromatic nitrogens is 2. The Labute approximate surface area is 281 Å². The molecule has 7 aromatic rings. The third kappa shape index (κ3) is 6.22. The molecule has 0 aliphatic carbocycles. The Kier molecular flexibility index (Phi) is 8.00. The van der Waals surface area contributed by atoms with E-state index in [0.717, 1.165) is 44.9 Å². The van der Waals surface area contributed by atoms with Crippen LogP contribution in [0.3, 0.4) is 0 Å². The molecule has 6 aromatic carbocycles. The summed E-state index contributed by atoms with van der Waals surface area (Å²) in [5, 5.41) is 3.74. The van der Waals surface area contributed by atoms with Gasteiger partial charge < -0.3 is 5.32 Å². The normalized spacial score (nSPS) is 14.0. The third-order valence-electron chi connectivity index (χ3n) is 8.76. The highest BCUT2D eigenvalue weighted by molar-refractivity contribution is 5.86. The number of hydrogen-bond donors (Lipinski definition) is 1. The van der Waals surface area contributed by atoms with Crippen molar-refractivity contribution in [2.75, 3.05) is 0 Å². The molecule has 1 aliphatic heterocycles. The van der Waals surface area contributed by atoms with Gasteiger partial charge >= 0.3 is 0 Å². The van der Waals surface area contributed by atoms with Crippen molar-refractivity contribution in [3.63, 3.8) is 0 Å². The second kappa shape index (κ2) is 13.2. The maximum atomic E-state index is 4.99. The number of hydrogen-bond acceptors (Lipinski definition) is 3. The summed E-state index contributed by atoms with van der Waals surface area (Å²) in [6, 6.07) is 61.3. The number of benzene rings is 6. The van der Waals surface area contributed by atoms with Crippen molar-refractivity contribution in [3.8, 4) is 45.0 Å². The van der Waals surface area contributed by atoms with Crippen LogP contribution in [-0.4, -0.2) is 9.97 Å². The lowest BCUT2D eigenvalue weighted by Crippen LogP contribution is -2.21. The number of nitrogens with one attached hydrogen (secondary N) is 1. The van der Waals surface area contributed by atoms with Crippen LogP contribution < -0.4 is 5.32 Å². The fourth-order valence-electron chi connectivity index (χ4n) is 6.19. The van der Waals surface area contributed by atoms with Crippen molar-refractivity contribution in [1.82, 2.24) is 15.3 Å². The largest absolute Gasteiger partial charge is 0.374 e. The molecule has 0 bridgehead atoms. The predicted molar refractivity (Wildman–Crippen MR) is 198 cm³/mol. The Morgan fingerprint density at radius 2 is 0.833 bits per heavy atom. The molecule has 0 saturated carbocycles. The molecule has 48 heavy (non-hydrogen) atoms. The number of nitrogens with zero attached hydrogens (tertiary/aromatic N) is 2. The first-order valence-electron chi connectivity index (χ1n) is 16.3. The van der Waals surface area contributed by atoms with Gasteiger partial charge in [0.25, 0.3) is 0 Å². The molecule has 0 spiro atoms. The highest BCUT2D eigenvalue weighted by atomic mass is 14.9. The van der Waals surface area contributed by atoms with Crippen molar-refractivity contribution < 1.29 is 0 Å². The fourth-order valence-corrected chi connectivity index (χ4v) is 6.19. The van der Waals surface area contributed by atoms with E-state index < -0.39 is 0 Å². The molecule has 228 valence electrons. The van der Waals surface area contributed by atoms with Crippen LogP contribution in [0.5, 0.6) is 0 Å². The van der Waals surface area contributed by atoms with Crippen LogP contribution in [0.25, 0.3) is 56.3 Å². The lowest BCUT2D eigenvalue weighted by Gasteiger charge is -2.25. The Morgan fingerprint density at radius 1 is 0.396 bits per heavy atom.